The lowest BCUT2D eigenvalue weighted by Gasteiger charge is -2.25. The molecule has 0 fully saturated rings. The zero-order valence-corrected chi connectivity index (χ0v) is 10.6. The average molecular weight is 236 g/mol. The van der Waals surface area contributed by atoms with E-state index in [1.54, 1.807) is 0 Å². The summed E-state index contributed by atoms with van der Waals surface area (Å²) in [5.74, 6) is 4.96. The molecular weight excluding hydrogens is 216 g/mol. The van der Waals surface area contributed by atoms with Crippen LogP contribution in [0, 0.1) is 6.92 Å². The van der Waals surface area contributed by atoms with Gasteiger partial charge in [-0.15, -0.1) is 0 Å². The first kappa shape index (κ1) is 13.6. The van der Waals surface area contributed by atoms with Crippen molar-refractivity contribution in [1.29, 1.82) is 0 Å². The molecule has 17 heavy (non-hydrogen) atoms. The van der Waals surface area contributed by atoms with Gasteiger partial charge in [-0.3, -0.25) is 20.1 Å². The van der Waals surface area contributed by atoms with Gasteiger partial charge in [-0.1, -0.05) is 13.0 Å². The number of nitrogens with zero attached hydrogens (tertiary/aromatic N) is 2. The zero-order valence-electron chi connectivity index (χ0n) is 10.6. The Labute approximate surface area is 102 Å². The summed E-state index contributed by atoms with van der Waals surface area (Å²) in [4.78, 5) is 17.9. The third-order valence-electron chi connectivity index (χ3n) is 2.79. The van der Waals surface area contributed by atoms with E-state index in [1.807, 2.05) is 43.9 Å². The van der Waals surface area contributed by atoms with Crippen LogP contribution in [0.3, 0.4) is 0 Å². The van der Waals surface area contributed by atoms with E-state index in [4.69, 9.17) is 5.84 Å². The number of nitrogens with two attached hydrogens (primary N) is 1. The third-order valence-corrected chi connectivity index (χ3v) is 2.79. The minimum atomic E-state index is -0.257. The first-order valence-electron chi connectivity index (χ1n) is 5.75. The number of rotatable bonds is 5. The van der Waals surface area contributed by atoms with Crippen molar-refractivity contribution in [3.05, 3.63) is 29.6 Å². The maximum absolute atomic E-state index is 11.5. The van der Waals surface area contributed by atoms with Crippen molar-refractivity contribution < 1.29 is 4.79 Å². The predicted octanol–water partition coefficient (Wildman–Crippen LogP) is 0.590. The summed E-state index contributed by atoms with van der Waals surface area (Å²) in [6.45, 7) is 7.21. The minimum Gasteiger partial charge on any atom is -0.293 e. The SMILES string of the molecule is CCN(Cc1cccc(C)n1)C(C)C(=O)NN. The highest BCUT2D eigenvalue weighted by Crippen LogP contribution is 2.07. The normalized spacial score (nSPS) is 12.5. The number of amides is 1. The topological polar surface area (TPSA) is 71.2 Å². The van der Waals surface area contributed by atoms with E-state index in [1.165, 1.54) is 0 Å². The van der Waals surface area contributed by atoms with Gasteiger partial charge in [0.2, 0.25) is 0 Å². The molecule has 0 bridgehead atoms. The van der Waals surface area contributed by atoms with Crippen molar-refractivity contribution in [2.24, 2.45) is 5.84 Å². The molecule has 0 aromatic carbocycles. The van der Waals surface area contributed by atoms with Gasteiger partial charge in [0.1, 0.15) is 0 Å². The van der Waals surface area contributed by atoms with Crippen LogP contribution in [-0.4, -0.2) is 28.4 Å². The molecule has 0 aliphatic heterocycles. The molecule has 94 valence electrons. The molecule has 0 radical (unpaired) electrons. The monoisotopic (exact) mass is 236 g/mol. The van der Waals surface area contributed by atoms with Crippen LogP contribution in [0.25, 0.3) is 0 Å². The Kier molecular flexibility index (Phi) is 5.06. The van der Waals surface area contributed by atoms with Crippen molar-refractivity contribution in [1.82, 2.24) is 15.3 Å². The van der Waals surface area contributed by atoms with Gasteiger partial charge in [0.15, 0.2) is 0 Å². The minimum absolute atomic E-state index is 0.181. The highest BCUT2D eigenvalue weighted by molar-refractivity contribution is 5.80. The number of aromatic nitrogens is 1. The quantitative estimate of drug-likeness (QED) is 0.446. The number of hydrogen-bond donors (Lipinski definition) is 2. The van der Waals surface area contributed by atoms with Crippen LogP contribution >= 0.6 is 0 Å². The number of aryl methyl sites for hydroxylation is 1. The van der Waals surface area contributed by atoms with Crippen molar-refractivity contribution >= 4 is 5.91 Å². The van der Waals surface area contributed by atoms with Crippen LogP contribution < -0.4 is 11.3 Å². The fourth-order valence-corrected chi connectivity index (χ4v) is 1.70. The van der Waals surface area contributed by atoms with E-state index in [0.717, 1.165) is 17.9 Å². The second-order valence-electron chi connectivity index (χ2n) is 4.02. The second kappa shape index (κ2) is 6.32. The molecule has 1 aromatic rings. The maximum atomic E-state index is 11.5. The molecule has 0 saturated carbocycles. The lowest BCUT2D eigenvalue weighted by atomic mass is 10.2. The van der Waals surface area contributed by atoms with Crippen molar-refractivity contribution in [3.63, 3.8) is 0 Å². The standard InChI is InChI=1S/C12H20N4O/c1-4-16(10(3)12(17)15-13)8-11-7-5-6-9(2)14-11/h5-7,10H,4,8,13H2,1-3H3,(H,15,17). The van der Waals surface area contributed by atoms with E-state index < -0.39 is 0 Å². The van der Waals surface area contributed by atoms with Crippen molar-refractivity contribution in [2.45, 2.75) is 33.4 Å². The fourth-order valence-electron chi connectivity index (χ4n) is 1.70. The van der Waals surface area contributed by atoms with Crippen LogP contribution in [0.5, 0.6) is 0 Å². The van der Waals surface area contributed by atoms with Crippen molar-refractivity contribution in [2.75, 3.05) is 6.54 Å². The summed E-state index contributed by atoms with van der Waals surface area (Å²) in [6.07, 6.45) is 0. The van der Waals surface area contributed by atoms with Crippen molar-refractivity contribution in [3.8, 4) is 0 Å². The molecule has 1 aromatic heterocycles. The number of carbonyl (C=O) groups is 1. The molecule has 0 spiro atoms. The summed E-state index contributed by atoms with van der Waals surface area (Å²) in [6, 6.07) is 5.63. The molecule has 1 unspecified atom stereocenters. The molecule has 0 saturated heterocycles. The van der Waals surface area contributed by atoms with Gasteiger partial charge in [-0.05, 0) is 32.5 Å². The van der Waals surface area contributed by atoms with E-state index in [9.17, 15) is 4.79 Å². The smallest absolute Gasteiger partial charge is 0.250 e. The molecule has 0 aliphatic rings. The Morgan fingerprint density at radius 1 is 1.59 bits per heavy atom. The van der Waals surface area contributed by atoms with Gasteiger partial charge >= 0.3 is 0 Å². The summed E-state index contributed by atoms with van der Waals surface area (Å²) in [5.41, 5.74) is 4.12. The van der Waals surface area contributed by atoms with Gasteiger partial charge in [-0.25, -0.2) is 5.84 Å². The summed E-state index contributed by atoms with van der Waals surface area (Å²) in [5, 5.41) is 0. The summed E-state index contributed by atoms with van der Waals surface area (Å²) in [7, 11) is 0. The van der Waals surface area contributed by atoms with Gasteiger partial charge in [-0.2, -0.15) is 0 Å². The number of nitrogens with one attached hydrogen (secondary N) is 1. The Morgan fingerprint density at radius 2 is 2.29 bits per heavy atom. The Bertz CT molecular complexity index is 381. The summed E-state index contributed by atoms with van der Waals surface area (Å²) >= 11 is 0. The molecule has 1 rings (SSSR count). The van der Waals surface area contributed by atoms with E-state index in [0.29, 0.717) is 6.54 Å². The largest absolute Gasteiger partial charge is 0.293 e. The zero-order chi connectivity index (χ0) is 12.8. The van der Waals surface area contributed by atoms with E-state index in [-0.39, 0.29) is 11.9 Å². The first-order valence-corrected chi connectivity index (χ1v) is 5.75. The molecular formula is C12H20N4O. The molecule has 0 aliphatic carbocycles. The summed E-state index contributed by atoms with van der Waals surface area (Å²) < 4.78 is 0. The second-order valence-corrected chi connectivity index (χ2v) is 4.02. The number of carbonyl (C=O) groups excluding carboxylic acids is 1. The highest BCUT2D eigenvalue weighted by Gasteiger charge is 2.19. The Morgan fingerprint density at radius 3 is 2.82 bits per heavy atom. The lowest BCUT2D eigenvalue weighted by Crippen LogP contribution is -2.47. The van der Waals surface area contributed by atoms with Crippen LogP contribution in [0.2, 0.25) is 0 Å². The van der Waals surface area contributed by atoms with Gasteiger partial charge in [0.05, 0.1) is 11.7 Å². The molecule has 1 amide bonds. The predicted molar refractivity (Wildman–Crippen MR) is 66.9 cm³/mol. The molecule has 3 N–H and O–H groups in total. The van der Waals surface area contributed by atoms with Gasteiger partial charge in [0.25, 0.3) is 5.91 Å². The number of hydrazine groups is 1. The molecule has 1 heterocycles. The fraction of sp³-hybridized carbons (Fsp3) is 0.500. The van der Waals surface area contributed by atoms with Gasteiger partial charge < -0.3 is 0 Å². The van der Waals surface area contributed by atoms with Crippen LogP contribution in [0.4, 0.5) is 0 Å². The Balaban J connectivity index is 2.73. The lowest BCUT2D eigenvalue weighted by molar-refractivity contribution is -0.126. The van der Waals surface area contributed by atoms with Crippen LogP contribution in [0.15, 0.2) is 18.2 Å². The molecule has 1 atom stereocenters. The van der Waals surface area contributed by atoms with Gasteiger partial charge in [0, 0.05) is 12.2 Å². The molecule has 5 nitrogen and oxygen atoms in total. The third kappa shape index (κ3) is 3.80. The Hall–Kier alpha value is -1.46. The van der Waals surface area contributed by atoms with Crippen LogP contribution in [0.1, 0.15) is 25.2 Å². The number of hydrogen-bond acceptors (Lipinski definition) is 4. The number of likely N-dealkylation sites (N-methyl/N-ethyl adjacent to an activating group) is 1. The molecule has 5 heteroatoms. The van der Waals surface area contributed by atoms with E-state index >= 15 is 0 Å². The van der Waals surface area contributed by atoms with E-state index in [2.05, 4.69) is 10.4 Å². The maximum Gasteiger partial charge on any atom is 0.250 e. The van der Waals surface area contributed by atoms with Crippen LogP contribution in [-0.2, 0) is 11.3 Å². The average Bonchev–Trinajstić information content (AvgIpc) is 2.34. The number of pyridine rings is 1. The highest BCUT2D eigenvalue weighted by atomic mass is 16.2. The first-order chi connectivity index (χ1) is 8.08.